The Morgan fingerprint density at radius 3 is 2.82 bits per heavy atom. The Morgan fingerprint density at radius 1 is 1.41 bits per heavy atom. The standard InChI is InChI=1S/C13H21N3O/c1-4-11-9(2)13(14-3)16-12(15-11)8-10-6-5-7-17-10/h10H,4-8H2,1-3H3,(H,14,15,16). The number of rotatable bonds is 4. The van der Waals surface area contributed by atoms with Crippen LogP contribution in [0.2, 0.25) is 0 Å². The number of hydrogen-bond donors (Lipinski definition) is 1. The van der Waals surface area contributed by atoms with Crippen LogP contribution in [0.25, 0.3) is 0 Å². The average Bonchev–Trinajstić information content (AvgIpc) is 2.84. The van der Waals surface area contributed by atoms with Gasteiger partial charge in [0.2, 0.25) is 0 Å². The molecule has 1 aliphatic rings. The summed E-state index contributed by atoms with van der Waals surface area (Å²) in [5.74, 6) is 1.86. The Labute approximate surface area is 103 Å². The highest BCUT2D eigenvalue weighted by Crippen LogP contribution is 2.19. The van der Waals surface area contributed by atoms with Crippen molar-refractivity contribution in [3.05, 3.63) is 17.1 Å². The number of aryl methyl sites for hydroxylation is 1. The number of aromatic nitrogens is 2. The van der Waals surface area contributed by atoms with Crippen LogP contribution in [-0.2, 0) is 17.6 Å². The van der Waals surface area contributed by atoms with Gasteiger partial charge in [0.05, 0.1) is 6.10 Å². The molecule has 0 radical (unpaired) electrons. The van der Waals surface area contributed by atoms with Crippen molar-refractivity contribution in [3.63, 3.8) is 0 Å². The molecule has 1 fully saturated rings. The molecule has 94 valence electrons. The van der Waals surface area contributed by atoms with E-state index in [1.807, 2.05) is 7.05 Å². The van der Waals surface area contributed by atoms with Crippen molar-refractivity contribution in [2.45, 2.75) is 45.6 Å². The van der Waals surface area contributed by atoms with Crippen LogP contribution in [0.5, 0.6) is 0 Å². The summed E-state index contributed by atoms with van der Waals surface area (Å²) >= 11 is 0. The summed E-state index contributed by atoms with van der Waals surface area (Å²) in [4.78, 5) is 9.19. The molecule has 4 nitrogen and oxygen atoms in total. The van der Waals surface area contributed by atoms with E-state index in [1.165, 1.54) is 0 Å². The molecule has 0 saturated carbocycles. The number of nitrogens with zero attached hydrogens (tertiary/aromatic N) is 2. The second-order valence-corrected chi connectivity index (χ2v) is 4.50. The molecule has 0 amide bonds. The third kappa shape index (κ3) is 2.75. The van der Waals surface area contributed by atoms with Crippen LogP contribution in [0, 0.1) is 6.92 Å². The van der Waals surface area contributed by atoms with E-state index < -0.39 is 0 Å². The first-order valence-electron chi connectivity index (χ1n) is 6.40. The summed E-state index contributed by atoms with van der Waals surface area (Å²) in [6.45, 7) is 5.08. The Bertz CT molecular complexity index is 361. The van der Waals surface area contributed by atoms with Crippen LogP contribution in [0.4, 0.5) is 5.82 Å². The van der Waals surface area contributed by atoms with Crippen LogP contribution >= 0.6 is 0 Å². The fourth-order valence-corrected chi connectivity index (χ4v) is 2.30. The molecule has 4 heteroatoms. The largest absolute Gasteiger partial charge is 0.378 e. The van der Waals surface area contributed by atoms with Crippen molar-refractivity contribution >= 4 is 5.82 Å². The molecule has 1 atom stereocenters. The zero-order chi connectivity index (χ0) is 12.3. The lowest BCUT2D eigenvalue weighted by Crippen LogP contribution is -2.14. The van der Waals surface area contributed by atoms with Crippen molar-refractivity contribution in [1.82, 2.24) is 9.97 Å². The molecular weight excluding hydrogens is 214 g/mol. The summed E-state index contributed by atoms with van der Waals surface area (Å²) < 4.78 is 5.63. The highest BCUT2D eigenvalue weighted by atomic mass is 16.5. The topological polar surface area (TPSA) is 47.0 Å². The van der Waals surface area contributed by atoms with Gasteiger partial charge in [-0.15, -0.1) is 0 Å². The summed E-state index contributed by atoms with van der Waals surface area (Å²) in [6.07, 6.45) is 4.39. The molecule has 1 unspecified atom stereocenters. The Morgan fingerprint density at radius 2 is 2.24 bits per heavy atom. The summed E-state index contributed by atoms with van der Waals surface area (Å²) in [5.41, 5.74) is 2.29. The van der Waals surface area contributed by atoms with E-state index in [9.17, 15) is 0 Å². The van der Waals surface area contributed by atoms with Crippen LogP contribution in [0.3, 0.4) is 0 Å². The van der Waals surface area contributed by atoms with Crippen LogP contribution < -0.4 is 5.32 Å². The van der Waals surface area contributed by atoms with E-state index in [0.29, 0.717) is 6.10 Å². The van der Waals surface area contributed by atoms with Gasteiger partial charge < -0.3 is 10.1 Å². The first kappa shape index (κ1) is 12.3. The zero-order valence-corrected chi connectivity index (χ0v) is 10.9. The van der Waals surface area contributed by atoms with E-state index in [4.69, 9.17) is 4.74 Å². The van der Waals surface area contributed by atoms with E-state index in [0.717, 1.165) is 55.2 Å². The average molecular weight is 235 g/mol. The first-order chi connectivity index (χ1) is 8.24. The third-order valence-corrected chi connectivity index (χ3v) is 3.30. The Balaban J connectivity index is 2.21. The van der Waals surface area contributed by atoms with Gasteiger partial charge in [-0.05, 0) is 26.2 Å². The molecule has 17 heavy (non-hydrogen) atoms. The molecule has 1 aromatic heterocycles. The second kappa shape index (κ2) is 5.45. The maximum Gasteiger partial charge on any atom is 0.133 e. The van der Waals surface area contributed by atoms with Crippen molar-refractivity contribution in [2.24, 2.45) is 0 Å². The zero-order valence-electron chi connectivity index (χ0n) is 10.9. The first-order valence-corrected chi connectivity index (χ1v) is 6.40. The minimum atomic E-state index is 0.312. The van der Waals surface area contributed by atoms with E-state index in [-0.39, 0.29) is 0 Å². The fourth-order valence-electron chi connectivity index (χ4n) is 2.30. The lowest BCUT2D eigenvalue weighted by Gasteiger charge is -2.13. The van der Waals surface area contributed by atoms with Crippen molar-refractivity contribution in [3.8, 4) is 0 Å². The van der Waals surface area contributed by atoms with Crippen molar-refractivity contribution < 1.29 is 4.74 Å². The van der Waals surface area contributed by atoms with Gasteiger partial charge in [0, 0.05) is 31.3 Å². The smallest absolute Gasteiger partial charge is 0.133 e. The molecule has 0 aromatic carbocycles. The summed E-state index contributed by atoms with van der Waals surface area (Å²) in [6, 6.07) is 0. The van der Waals surface area contributed by atoms with Gasteiger partial charge in [-0.3, -0.25) is 0 Å². The van der Waals surface area contributed by atoms with Gasteiger partial charge in [-0.2, -0.15) is 0 Å². The second-order valence-electron chi connectivity index (χ2n) is 4.50. The lowest BCUT2D eigenvalue weighted by atomic mass is 10.1. The number of anilines is 1. The Kier molecular flexibility index (Phi) is 3.94. The minimum absolute atomic E-state index is 0.312. The van der Waals surface area contributed by atoms with Crippen molar-refractivity contribution in [1.29, 1.82) is 0 Å². The molecular formula is C13H21N3O. The SMILES string of the molecule is CCc1nc(CC2CCCO2)nc(NC)c1C. The van der Waals surface area contributed by atoms with Crippen LogP contribution in [0.15, 0.2) is 0 Å². The van der Waals surface area contributed by atoms with Gasteiger partial charge in [0.25, 0.3) is 0 Å². The van der Waals surface area contributed by atoms with E-state index in [1.54, 1.807) is 0 Å². The molecule has 1 saturated heterocycles. The molecule has 1 aliphatic heterocycles. The van der Waals surface area contributed by atoms with Crippen LogP contribution in [0.1, 0.15) is 36.8 Å². The predicted molar refractivity (Wildman–Crippen MR) is 68.4 cm³/mol. The number of nitrogens with one attached hydrogen (secondary N) is 1. The predicted octanol–water partition coefficient (Wildman–Crippen LogP) is 2.11. The number of ether oxygens (including phenoxy) is 1. The van der Waals surface area contributed by atoms with E-state index >= 15 is 0 Å². The summed E-state index contributed by atoms with van der Waals surface area (Å²) in [5, 5.41) is 3.14. The lowest BCUT2D eigenvalue weighted by molar-refractivity contribution is 0.110. The monoisotopic (exact) mass is 235 g/mol. The normalized spacial score (nSPS) is 19.6. The molecule has 2 heterocycles. The van der Waals surface area contributed by atoms with Gasteiger partial charge >= 0.3 is 0 Å². The van der Waals surface area contributed by atoms with Gasteiger partial charge in [-0.25, -0.2) is 9.97 Å². The Hall–Kier alpha value is -1.16. The number of hydrogen-bond acceptors (Lipinski definition) is 4. The third-order valence-electron chi connectivity index (χ3n) is 3.30. The summed E-state index contributed by atoms with van der Waals surface area (Å²) in [7, 11) is 1.91. The molecule has 0 bridgehead atoms. The molecule has 1 N–H and O–H groups in total. The fraction of sp³-hybridized carbons (Fsp3) is 0.692. The molecule has 1 aromatic rings. The highest BCUT2D eigenvalue weighted by molar-refractivity contribution is 5.45. The maximum atomic E-state index is 5.63. The molecule has 0 spiro atoms. The highest BCUT2D eigenvalue weighted by Gasteiger charge is 2.18. The van der Waals surface area contributed by atoms with E-state index in [2.05, 4.69) is 29.1 Å². The van der Waals surface area contributed by atoms with Gasteiger partial charge in [0.1, 0.15) is 11.6 Å². The quantitative estimate of drug-likeness (QED) is 0.868. The van der Waals surface area contributed by atoms with Crippen molar-refractivity contribution in [2.75, 3.05) is 19.0 Å². The molecule has 0 aliphatic carbocycles. The molecule has 2 rings (SSSR count). The van der Waals surface area contributed by atoms with Gasteiger partial charge in [-0.1, -0.05) is 6.92 Å². The van der Waals surface area contributed by atoms with Crippen LogP contribution in [-0.4, -0.2) is 29.7 Å². The maximum absolute atomic E-state index is 5.63. The minimum Gasteiger partial charge on any atom is -0.378 e. The van der Waals surface area contributed by atoms with Gasteiger partial charge in [0.15, 0.2) is 0 Å².